The summed E-state index contributed by atoms with van der Waals surface area (Å²) in [4.78, 5) is 12.0. The minimum absolute atomic E-state index is 0.530. The highest BCUT2D eigenvalue weighted by Crippen LogP contribution is 2.21. The number of aromatic nitrogens is 5. The number of aryl methyl sites for hydroxylation is 2. The van der Waals surface area contributed by atoms with Gasteiger partial charge in [0.15, 0.2) is 5.82 Å². The van der Waals surface area contributed by atoms with E-state index in [4.69, 9.17) is 12.2 Å². The first-order valence-corrected chi connectivity index (χ1v) is 6.57. The molecule has 0 amide bonds. The van der Waals surface area contributed by atoms with Crippen LogP contribution in [0.2, 0.25) is 0 Å². The van der Waals surface area contributed by atoms with Crippen LogP contribution in [0.3, 0.4) is 0 Å². The number of aromatic amines is 1. The van der Waals surface area contributed by atoms with E-state index in [0.717, 1.165) is 22.5 Å². The maximum Gasteiger partial charge on any atom is 0.158 e. The highest BCUT2D eigenvalue weighted by atomic mass is 32.1. The SMILES string of the molecule is Cc1cccnc1-c1nc(=S)cc(-c2cnn(C)c2)[nH]1. The average Bonchev–Trinajstić information content (AvgIpc) is 2.85. The van der Waals surface area contributed by atoms with Gasteiger partial charge < -0.3 is 4.98 Å². The average molecular weight is 283 g/mol. The molecule has 3 heterocycles. The molecular weight excluding hydrogens is 270 g/mol. The second kappa shape index (κ2) is 4.97. The largest absolute Gasteiger partial charge is 0.338 e. The fourth-order valence-corrected chi connectivity index (χ4v) is 2.23. The number of hydrogen-bond acceptors (Lipinski definition) is 4. The van der Waals surface area contributed by atoms with Gasteiger partial charge in [-0.3, -0.25) is 9.67 Å². The monoisotopic (exact) mass is 283 g/mol. The molecule has 3 aromatic heterocycles. The van der Waals surface area contributed by atoms with Crippen LogP contribution in [0.25, 0.3) is 22.8 Å². The first-order chi connectivity index (χ1) is 9.63. The van der Waals surface area contributed by atoms with E-state index in [1.807, 2.05) is 38.4 Å². The number of rotatable bonds is 2. The molecule has 0 fully saturated rings. The lowest BCUT2D eigenvalue weighted by Crippen LogP contribution is -1.96. The number of nitrogens with zero attached hydrogens (tertiary/aromatic N) is 4. The molecule has 1 N–H and O–H groups in total. The zero-order valence-electron chi connectivity index (χ0n) is 11.2. The van der Waals surface area contributed by atoms with E-state index in [1.165, 1.54) is 0 Å². The van der Waals surface area contributed by atoms with Gasteiger partial charge in [-0.15, -0.1) is 0 Å². The van der Waals surface area contributed by atoms with Crippen molar-refractivity contribution in [3.63, 3.8) is 0 Å². The van der Waals surface area contributed by atoms with Gasteiger partial charge in [-0.25, -0.2) is 4.98 Å². The van der Waals surface area contributed by atoms with Crippen molar-refractivity contribution in [2.75, 3.05) is 0 Å². The van der Waals surface area contributed by atoms with Crippen LogP contribution in [-0.2, 0) is 7.05 Å². The number of pyridine rings is 1. The molecule has 0 aliphatic rings. The molecule has 100 valence electrons. The molecule has 3 rings (SSSR count). The first-order valence-electron chi connectivity index (χ1n) is 6.16. The fourth-order valence-electron chi connectivity index (χ4n) is 2.02. The summed E-state index contributed by atoms with van der Waals surface area (Å²) in [6.07, 6.45) is 5.46. The summed E-state index contributed by atoms with van der Waals surface area (Å²) in [6.45, 7) is 2.00. The smallest absolute Gasteiger partial charge is 0.158 e. The third-order valence-electron chi connectivity index (χ3n) is 2.99. The van der Waals surface area contributed by atoms with Crippen molar-refractivity contribution in [1.82, 2.24) is 24.7 Å². The van der Waals surface area contributed by atoms with Crippen LogP contribution in [0.1, 0.15) is 5.56 Å². The van der Waals surface area contributed by atoms with E-state index in [-0.39, 0.29) is 0 Å². The lowest BCUT2D eigenvalue weighted by atomic mass is 10.2. The van der Waals surface area contributed by atoms with E-state index in [9.17, 15) is 0 Å². The van der Waals surface area contributed by atoms with Gasteiger partial charge >= 0.3 is 0 Å². The van der Waals surface area contributed by atoms with Crippen LogP contribution in [0.15, 0.2) is 36.8 Å². The third-order valence-corrected chi connectivity index (χ3v) is 3.20. The molecule has 0 saturated heterocycles. The van der Waals surface area contributed by atoms with Crippen LogP contribution in [0.4, 0.5) is 0 Å². The van der Waals surface area contributed by atoms with Crippen LogP contribution in [0.5, 0.6) is 0 Å². The molecule has 0 aliphatic heterocycles. The molecule has 0 radical (unpaired) electrons. The summed E-state index contributed by atoms with van der Waals surface area (Å²) >= 11 is 5.25. The lowest BCUT2D eigenvalue weighted by Gasteiger charge is -2.06. The molecule has 5 nitrogen and oxygen atoms in total. The highest BCUT2D eigenvalue weighted by molar-refractivity contribution is 7.71. The van der Waals surface area contributed by atoms with E-state index in [2.05, 4.69) is 20.1 Å². The van der Waals surface area contributed by atoms with E-state index >= 15 is 0 Å². The molecule has 0 aliphatic carbocycles. The predicted molar refractivity (Wildman–Crippen MR) is 79.6 cm³/mol. The van der Waals surface area contributed by atoms with Crippen molar-refractivity contribution in [2.45, 2.75) is 6.92 Å². The Morgan fingerprint density at radius 2 is 2.20 bits per heavy atom. The van der Waals surface area contributed by atoms with E-state index in [1.54, 1.807) is 17.1 Å². The number of nitrogens with one attached hydrogen (secondary N) is 1. The highest BCUT2D eigenvalue weighted by Gasteiger charge is 2.08. The van der Waals surface area contributed by atoms with Gasteiger partial charge in [0.05, 0.1) is 11.9 Å². The number of hydrogen-bond donors (Lipinski definition) is 1. The molecule has 6 heteroatoms. The summed E-state index contributed by atoms with van der Waals surface area (Å²) in [7, 11) is 1.88. The summed E-state index contributed by atoms with van der Waals surface area (Å²) < 4.78 is 2.28. The Bertz CT molecular complexity index is 818. The van der Waals surface area contributed by atoms with Crippen LogP contribution in [-0.4, -0.2) is 24.7 Å². The molecule has 0 unspecified atom stereocenters. The van der Waals surface area contributed by atoms with Gasteiger partial charge in [-0.2, -0.15) is 5.10 Å². The molecule has 0 spiro atoms. The minimum Gasteiger partial charge on any atom is -0.338 e. The maximum absolute atomic E-state index is 5.25. The zero-order chi connectivity index (χ0) is 14.1. The van der Waals surface area contributed by atoms with Crippen molar-refractivity contribution in [1.29, 1.82) is 0 Å². The Morgan fingerprint density at radius 1 is 1.35 bits per heavy atom. The molecule has 0 bridgehead atoms. The van der Waals surface area contributed by atoms with Gasteiger partial charge in [0.25, 0.3) is 0 Å². The normalized spacial score (nSPS) is 10.7. The lowest BCUT2D eigenvalue weighted by molar-refractivity contribution is 0.768. The molecular formula is C14H13N5S. The predicted octanol–water partition coefficient (Wildman–Crippen LogP) is 2.91. The van der Waals surface area contributed by atoms with Gasteiger partial charge in [0.2, 0.25) is 0 Å². The van der Waals surface area contributed by atoms with E-state index < -0.39 is 0 Å². The summed E-state index contributed by atoms with van der Waals surface area (Å²) in [5, 5.41) is 4.17. The number of H-pyrrole nitrogens is 1. The Kier molecular flexibility index (Phi) is 3.15. The van der Waals surface area contributed by atoms with Crippen molar-refractivity contribution in [2.24, 2.45) is 7.05 Å². The Balaban J connectivity index is 2.17. The van der Waals surface area contributed by atoms with Gasteiger partial charge in [-0.05, 0) is 24.6 Å². The van der Waals surface area contributed by atoms with Crippen molar-refractivity contribution in [3.8, 4) is 22.8 Å². The molecule has 0 atom stereocenters. The minimum atomic E-state index is 0.530. The first kappa shape index (κ1) is 12.7. The van der Waals surface area contributed by atoms with Crippen LogP contribution in [0, 0.1) is 11.6 Å². The Hall–Kier alpha value is -2.34. The Morgan fingerprint density at radius 3 is 2.90 bits per heavy atom. The van der Waals surface area contributed by atoms with E-state index in [0.29, 0.717) is 10.5 Å². The standard InChI is InChI=1S/C14H13N5S/c1-9-4-3-5-15-13(9)14-17-11(6-12(20)18-14)10-7-16-19(2)8-10/h3-8H,1-2H3,(H,17,18,20). The Labute approximate surface area is 121 Å². The van der Waals surface area contributed by atoms with Crippen molar-refractivity contribution >= 4 is 12.2 Å². The zero-order valence-corrected chi connectivity index (χ0v) is 12.0. The van der Waals surface area contributed by atoms with Crippen LogP contribution < -0.4 is 0 Å². The van der Waals surface area contributed by atoms with Crippen LogP contribution >= 0.6 is 12.2 Å². The van der Waals surface area contributed by atoms with Gasteiger partial charge in [0, 0.05) is 25.0 Å². The molecule has 3 aromatic rings. The molecule has 0 aromatic carbocycles. The molecule has 0 saturated carbocycles. The molecule has 20 heavy (non-hydrogen) atoms. The summed E-state index contributed by atoms with van der Waals surface area (Å²) in [5.74, 6) is 0.675. The topological polar surface area (TPSA) is 59.4 Å². The fraction of sp³-hybridized carbons (Fsp3) is 0.143. The second-order valence-electron chi connectivity index (χ2n) is 4.55. The van der Waals surface area contributed by atoms with Gasteiger partial charge in [0.1, 0.15) is 10.3 Å². The van der Waals surface area contributed by atoms with Crippen molar-refractivity contribution < 1.29 is 0 Å². The van der Waals surface area contributed by atoms with Crippen molar-refractivity contribution in [3.05, 3.63) is 47.0 Å². The van der Waals surface area contributed by atoms with Gasteiger partial charge in [-0.1, -0.05) is 18.3 Å². The second-order valence-corrected chi connectivity index (χ2v) is 4.97. The quantitative estimate of drug-likeness (QED) is 0.735. The summed E-state index contributed by atoms with van der Waals surface area (Å²) in [5.41, 5.74) is 3.72. The summed E-state index contributed by atoms with van der Waals surface area (Å²) in [6, 6.07) is 5.73. The third kappa shape index (κ3) is 2.37. The maximum atomic E-state index is 5.25.